The molecule has 40 heavy (non-hydrogen) atoms. The molecule has 0 saturated heterocycles. The first-order valence-electron chi connectivity index (χ1n) is 13.2. The normalized spacial score (nSPS) is 11.8. The van der Waals surface area contributed by atoms with Gasteiger partial charge in [-0.25, -0.2) is 8.42 Å². The van der Waals surface area contributed by atoms with Gasteiger partial charge in [-0.15, -0.1) is 0 Å². The zero-order valence-corrected chi connectivity index (χ0v) is 24.2. The van der Waals surface area contributed by atoms with Gasteiger partial charge in [-0.05, 0) is 66.9 Å². The Hall–Kier alpha value is -4.05. The predicted molar refractivity (Wildman–Crippen MR) is 156 cm³/mol. The van der Waals surface area contributed by atoms with Gasteiger partial charge in [0, 0.05) is 13.1 Å². The van der Waals surface area contributed by atoms with Crippen LogP contribution in [0.3, 0.4) is 0 Å². The topological polar surface area (TPSA) is 105 Å². The van der Waals surface area contributed by atoms with E-state index in [0.717, 1.165) is 22.5 Å². The molecular formula is C30H37N3O6S. The highest BCUT2D eigenvalue weighted by Gasteiger charge is 2.31. The second-order valence-electron chi connectivity index (χ2n) is 9.26. The maximum absolute atomic E-state index is 13.8. The lowest BCUT2D eigenvalue weighted by Gasteiger charge is -2.33. The van der Waals surface area contributed by atoms with Crippen LogP contribution in [0.25, 0.3) is 0 Å². The lowest BCUT2D eigenvalue weighted by molar-refractivity contribution is -0.140. The molecule has 3 aromatic rings. The van der Waals surface area contributed by atoms with Crippen molar-refractivity contribution in [2.75, 3.05) is 30.8 Å². The van der Waals surface area contributed by atoms with Crippen molar-refractivity contribution in [3.05, 3.63) is 84.4 Å². The standard InChI is InChI=1S/C30H37N3O6S/c1-5-20-31-30(35)28(6-2)32(21-23-12-16-25(38-3)17-13-23)29(34)22-33(40(4,36)37)24-14-18-27(19-15-24)39-26-10-8-7-9-11-26/h7-19,28H,5-6,20-22H2,1-4H3,(H,31,35)/t28-/m1/s1. The molecule has 3 aromatic carbocycles. The SMILES string of the molecule is CCCNC(=O)[C@@H](CC)N(Cc1ccc(OC)cc1)C(=O)CN(c1ccc(Oc2ccccc2)cc1)S(C)(=O)=O. The van der Waals surface area contributed by atoms with Crippen LogP contribution in [0.4, 0.5) is 5.69 Å². The molecule has 0 unspecified atom stereocenters. The highest BCUT2D eigenvalue weighted by atomic mass is 32.2. The molecule has 0 heterocycles. The van der Waals surface area contributed by atoms with Crippen LogP contribution < -0.4 is 19.1 Å². The van der Waals surface area contributed by atoms with E-state index in [1.165, 1.54) is 4.90 Å². The summed E-state index contributed by atoms with van der Waals surface area (Å²) in [5.41, 5.74) is 1.09. The summed E-state index contributed by atoms with van der Waals surface area (Å²) in [5, 5.41) is 2.87. The summed E-state index contributed by atoms with van der Waals surface area (Å²) in [7, 11) is -2.27. The minimum Gasteiger partial charge on any atom is -0.497 e. The molecule has 0 radical (unpaired) electrons. The largest absolute Gasteiger partial charge is 0.497 e. The van der Waals surface area contributed by atoms with Crippen LogP contribution in [-0.2, 0) is 26.2 Å². The van der Waals surface area contributed by atoms with Crippen molar-refractivity contribution in [2.24, 2.45) is 0 Å². The number of rotatable bonds is 14. The summed E-state index contributed by atoms with van der Waals surface area (Å²) in [6.45, 7) is 3.91. The van der Waals surface area contributed by atoms with E-state index < -0.39 is 28.5 Å². The minimum absolute atomic E-state index is 0.127. The third-order valence-electron chi connectivity index (χ3n) is 6.23. The Morgan fingerprint density at radius 1 is 0.875 bits per heavy atom. The molecule has 0 spiro atoms. The van der Waals surface area contributed by atoms with Crippen molar-refractivity contribution in [3.63, 3.8) is 0 Å². The van der Waals surface area contributed by atoms with Gasteiger partial charge in [0.05, 0.1) is 19.1 Å². The first kappa shape index (κ1) is 30.5. The second-order valence-corrected chi connectivity index (χ2v) is 11.2. The smallest absolute Gasteiger partial charge is 0.244 e. The van der Waals surface area contributed by atoms with Crippen molar-refractivity contribution >= 4 is 27.5 Å². The van der Waals surface area contributed by atoms with Crippen molar-refractivity contribution in [1.29, 1.82) is 0 Å². The van der Waals surface area contributed by atoms with Gasteiger partial charge in [0.1, 0.15) is 29.8 Å². The molecule has 9 nitrogen and oxygen atoms in total. The van der Waals surface area contributed by atoms with E-state index in [4.69, 9.17) is 9.47 Å². The number of carbonyl (C=O) groups excluding carboxylic acids is 2. The van der Waals surface area contributed by atoms with E-state index >= 15 is 0 Å². The first-order valence-corrected chi connectivity index (χ1v) is 15.0. The molecule has 0 aliphatic heterocycles. The first-order chi connectivity index (χ1) is 19.2. The lowest BCUT2D eigenvalue weighted by atomic mass is 10.1. The van der Waals surface area contributed by atoms with E-state index in [1.54, 1.807) is 43.5 Å². The van der Waals surface area contributed by atoms with Gasteiger partial charge < -0.3 is 19.7 Å². The highest BCUT2D eigenvalue weighted by Crippen LogP contribution is 2.26. The van der Waals surface area contributed by atoms with E-state index in [-0.39, 0.29) is 12.5 Å². The average molecular weight is 568 g/mol. The van der Waals surface area contributed by atoms with Crippen LogP contribution in [0.15, 0.2) is 78.9 Å². The fourth-order valence-electron chi connectivity index (χ4n) is 4.13. The molecule has 10 heteroatoms. The number of benzene rings is 3. The Morgan fingerprint density at radius 2 is 1.48 bits per heavy atom. The number of amides is 2. The van der Waals surface area contributed by atoms with Crippen LogP contribution >= 0.6 is 0 Å². The summed E-state index contributed by atoms with van der Waals surface area (Å²) in [5.74, 6) is 1.06. The number of methoxy groups -OCH3 is 1. The van der Waals surface area contributed by atoms with Gasteiger partial charge in [-0.1, -0.05) is 44.2 Å². The highest BCUT2D eigenvalue weighted by molar-refractivity contribution is 7.92. The Kier molecular flexibility index (Phi) is 11.0. The minimum atomic E-state index is -3.84. The summed E-state index contributed by atoms with van der Waals surface area (Å²) < 4.78 is 37.8. The Balaban J connectivity index is 1.88. The Labute approximate surface area is 236 Å². The molecule has 0 bridgehead atoms. The zero-order chi connectivity index (χ0) is 29.1. The van der Waals surface area contributed by atoms with Crippen molar-refractivity contribution in [1.82, 2.24) is 10.2 Å². The van der Waals surface area contributed by atoms with Crippen LogP contribution in [0.1, 0.15) is 32.3 Å². The number of hydrogen-bond donors (Lipinski definition) is 1. The molecule has 1 atom stereocenters. The number of nitrogens with zero attached hydrogens (tertiary/aromatic N) is 2. The third kappa shape index (κ3) is 8.47. The van der Waals surface area contributed by atoms with Gasteiger partial charge in [0.25, 0.3) is 0 Å². The van der Waals surface area contributed by atoms with Crippen LogP contribution in [0, 0.1) is 0 Å². The number of nitrogens with one attached hydrogen (secondary N) is 1. The average Bonchev–Trinajstić information content (AvgIpc) is 2.95. The lowest BCUT2D eigenvalue weighted by Crippen LogP contribution is -2.52. The van der Waals surface area contributed by atoms with Gasteiger partial charge in [-0.3, -0.25) is 13.9 Å². The number of anilines is 1. The van der Waals surface area contributed by atoms with Crippen LogP contribution in [0.2, 0.25) is 0 Å². The zero-order valence-electron chi connectivity index (χ0n) is 23.4. The van der Waals surface area contributed by atoms with Crippen molar-refractivity contribution in [3.8, 4) is 17.2 Å². The number of hydrogen-bond acceptors (Lipinski definition) is 6. The molecule has 0 aliphatic rings. The second kappa shape index (κ2) is 14.4. The van der Waals surface area contributed by atoms with E-state index in [1.807, 2.05) is 56.3 Å². The number of carbonyl (C=O) groups is 2. The van der Waals surface area contributed by atoms with E-state index in [0.29, 0.717) is 35.9 Å². The predicted octanol–water partition coefficient (Wildman–Crippen LogP) is 4.59. The van der Waals surface area contributed by atoms with Gasteiger partial charge in [-0.2, -0.15) is 0 Å². The molecule has 0 saturated carbocycles. The molecular weight excluding hydrogens is 530 g/mol. The molecule has 0 fully saturated rings. The monoisotopic (exact) mass is 567 g/mol. The Morgan fingerprint density at radius 3 is 2.02 bits per heavy atom. The molecule has 0 aromatic heterocycles. The van der Waals surface area contributed by atoms with Gasteiger partial charge >= 0.3 is 0 Å². The van der Waals surface area contributed by atoms with Gasteiger partial charge in [0.15, 0.2) is 0 Å². The Bertz CT molecular complexity index is 1350. The summed E-state index contributed by atoms with van der Waals surface area (Å²) in [6.07, 6.45) is 2.16. The fraction of sp³-hybridized carbons (Fsp3) is 0.333. The summed E-state index contributed by atoms with van der Waals surface area (Å²) in [4.78, 5) is 28.3. The number of ether oxygens (including phenoxy) is 2. The van der Waals surface area contributed by atoms with Crippen molar-refractivity contribution < 1.29 is 27.5 Å². The van der Waals surface area contributed by atoms with E-state index in [2.05, 4.69) is 5.32 Å². The van der Waals surface area contributed by atoms with Gasteiger partial charge in [0.2, 0.25) is 21.8 Å². The third-order valence-corrected chi connectivity index (χ3v) is 7.37. The molecule has 214 valence electrons. The molecule has 1 N–H and O–H groups in total. The van der Waals surface area contributed by atoms with Crippen LogP contribution in [-0.4, -0.2) is 57.6 Å². The molecule has 2 amide bonds. The maximum Gasteiger partial charge on any atom is 0.244 e. The van der Waals surface area contributed by atoms with Crippen molar-refractivity contribution in [2.45, 2.75) is 39.3 Å². The number of para-hydroxylation sites is 1. The maximum atomic E-state index is 13.8. The van der Waals surface area contributed by atoms with Crippen LogP contribution in [0.5, 0.6) is 17.2 Å². The quantitative estimate of drug-likeness (QED) is 0.306. The fourth-order valence-corrected chi connectivity index (χ4v) is 4.98. The summed E-state index contributed by atoms with van der Waals surface area (Å²) in [6, 6.07) is 22.1. The number of sulfonamides is 1. The summed E-state index contributed by atoms with van der Waals surface area (Å²) >= 11 is 0. The molecule has 0 aliphatic carbocycles. The van der Waals surface area contributed by atoms with E-state index in [9.17, 15) is 18.0 Å². The molecule has 3 rings (SSSR count).